The van der Waals surface area contributed by atoms with E-state index in [-0.39, 0.29) is 6.61 Å². The topological polar surface area (TPSA) is 35.5 Å². The van der Waals surface area contributed by atoms with Gasteiger partial charge in [0.25, 0.3) is 0 Å². The Hall–Kier alpha value is -0.850. The summed E-state index contributed by atoms with van der Waals surface area (Å²) in [7, 11) is 0. The summed E-state index contributed by atoms with van der Waals surface area (Å²) in [5, 5.41) is 0. The predicted molar refractivity (Wildman–Crippen MR) is 47.3 cm³/mol. The van der Waals surface area contributed by atoms with Crippen molar-refractivity contribution in [1.82, 2.24) is 0 Å². The molecular weight excluding hydrogens is 232 g/mol. The van der Waals surface area contributed by atoms with Gasteiger partial charge in [-0.25, -0.2) is 4.39 Å². The molecule has 16 heavy (non-hydrogen) atoms. The molecule has 0 amide bonds. The third kappa shape index (κ3) is 5.29. The highest BCUT2D eigenvalue weighted by Crippen LogP contribution is 2.29. The normalized spacial score (nSPS) is 15.6. The van der Waals surface area contributed by atoms with E-state index in [1.54, 1.807) is 0 Å². The van der Waals surface area contributed by atoms with Gasteiger partial charge in [-0.1, -0.05) is 6.92 Å². The van der Waals surface area contributed by atoms with Crippen LogP contribution in [0.2, 0.25) is 0 Å². The van der Waals surface area contributed by atoms with Gasteiger partial charge >= 0.3 is 12.1 Å². The van der Waals surface area contributed by atoms with Crippen LogP contribution in [-0.4, -0.2) is 31.7 Å². The minimum atomic E-state index is -4.66. The Morgan fingerprint density at radius 2 is 1.88 bits per heavy atom. The molecule has 0 spiro atoms. The zero-order chi connectivity index (χ0) is 12.8. The van der Waals surface area contributed by atoms with Crippen LogP contribution >= 0.6 is 0 Å². The number of alkyl halides is 4. The fourth-order valence-electron chi connectivity index (χ4n) is 1.01. The van der Waals surface area contributed by atoms with Gasteiger partial charge in [0.15, 0.2) is 5.92 Å². The maximum atomic E-state index is 12.6. The van der Waals surface area contributed by atoms with Crippen molar-refractivity contribution >= 4 is 5.97 Å². The Morgan fingerprint density at radius 1 is 1.31 bits per heavy atom. The highest BCUT2D eigenvalue weighted by Gasteiger charge is 2.44. The first kappa shape index (κ1) is 15.2. The quantitative estimate of drug-likeness (QED) is 0.533. The summed E-state index contributed by atoms with van der Waals surface area (Å²) in [5.74, 6) is -3.68. The van der Waals surface area contributed by atoms with Crippen molar-refractivity contribution in [2.24, 2.45) is 5.92 Å². The summed E-state index contributed by atoms with van der Waals surface area (Å²) in [6, 6.07) is 0. The number of rotatable bonds is 6. The Bertz CT molecular complexity index is 217. The number of carbonyl (C=O) groups excluding carboxylic acids is 1. The third-order valence-corrected chi connectivity index (χ3v) is 1.79. The lowest BCUT2D eigenvalue weighted by Crippen LogP contribution is -2.33. The van der Waals surface area contributed by atoms with Crippen LogP contribution in [0.5, 0.6) is 0 Å². The summed E-state index contributed by atoms with van der Waals surface area (Å²) in [4.78, 5) is 11.0. The summed E-state index contributed by atoms with van der Waals surface area (Å²) >= 11 is 0. The van der Waals surface area contributed by atoms with Gasteiger partial charge in [0, 0.05) is 6.61 Å². The summed E-state index contributed by atoms with van der Waals surface area (Å²) < 4.78 is 57.8. The van der Waals surface area contributed by atoms with Gasteiger partial charge in [0.2, 0.25) is 6.36 Å². The molecule has 0 bridgehead atoms. The van der Waals surface area contributed by atoms with E-state index in [9.17, 15) is 22.4 Å². The van der Waals surface area contributed by atoms with Crippen LogP contribution in [0.1, 0.15) is 20.3 Å². The molecule has 7 heteroatoms. The third-order valence-electron chi connectivity index (χ3n) is 1.79. The van der Waals surface area contributed by atoms with Crippen LogP contribution in [0.15, 0.2) is 0 Å². The van der Waals surface area contributed by atoms with Gasteiger partial charge < -0.3 is 9.47 Å². The number of carbonyl (C=O) groups is 1. The molecule has 0 aromatic rings. The molecule has 0 aliphatic rings. The second kappa shape index (κ2) is 6.67. The van der Waals surface area contributed by atoms with Crippen molar-refractivity contribution in [3.63, 3.8) is 0 Å². The zero-order valence-corrected chi connectivity index (χ0v) is 9.01. The SMILES string of the molecule is CCOC(F)COC(=O)C(CC)C(F)(F)F. The first-order valence-corrected chi connectivity index (χ1v) is 4.81. The van der Waals surface area contributed by atoms with Crippen LogP contribution < -0.4 is 0 Å². The lowest BCUT2D eigenvalue weighted by molar-refractivity contribution is -0.202. The average molecular weight is 246 g/mol. The molecule has 2 unspecified atom stereocenters. The minimum Gasteiger partial charge on any atom is -0.459 e. The molecular formula is C9H14F4O3. The van der Waals surface area contributed by atoms with Crippen molar-refractivity contribution in [2.75, 3.05) is 13.2 Å². The molecule has 0 aromatic carbocycles. The Labute approximate surface area is 90.7 Å². The van der Waals surface area contributed by atoms with E-state index >= 15 is 0 Å². The van der Waals surface area contributed by atoms with E-state index in [0.29, 0.717) is 0 Å². The first-order chi connectivity index (χ1) is 7.32. The predicted octanol–water partition coefficient (Wildman–Crippen LogP) is 2.45. The van der Waals surface area contributed by atoms with Gasteiger partial charge in [-0.2, -0.15) is 13.2 Å². The fraction of sp³-hybridized carbons (Fsp3) is 0.889. The Morgan fingerprint density at radius 3 is 2.25 bits per heavy atom. The summed E-state index contributed by atoms with van der Waals surface area (Å²) in [6.07, 6.45) is -6.99. The highest BCUT2D eigenvalue weighted by atomic mass is 19.4. The van der Waals surface area contributed by atoms with E-state index in [1.807, 2.05) is 0 Å². The van der Waals surface area contributed by atoms with Crippen molar-refractivity contribution < 1.29 is 31.8 Å². The van der Waals surface area contributed by atoms with Gasteiger partial charge in [-0.3, -0.25) is 4.79 Å². The molecule has 2 atom stereocenters. The van der Waals surface area contributed by atoms with E-state index < -0.39 is 37.4 Å². The van der Waals surface area contributed by atoms with Crippen LogP contribution in [0.25, 0.3) is 0 Å². The van der Waals surface area contributed by atoms with E-state index in [2.05, 4.69) is 9.47 Å². The smallest absolute Gasteiger partial charge is 0.402 e. The van der Waals surface area contributed by atoms with Crippen LogP contribution in [0.3, 0.4) is 0 Å². The average Bonchev–Trinajstić information content (AvgIpc) is 2.14. The van der Waals surface area contributed by atoms with Crippen LogP contribution in [0.4, 0.5) is 17.6 Å². The Balaban J connectivity index is 4.13. The molecule has 0 aliphatic heterocycles. The summed E-state index contributed by atoms with van der Waals surface area (Å²) in [5.41, 5.74) is 0. The Kier molecular flexibility index (Phi) is 6.32. The van der Waals surface area contributed by atoms with Crippen molar-refractivity contribution in [1.29, 1.82) is 0 Å². The van der Waals surface area contributed by atoms with Gasteiger partial charge in [-0.15, -0.1) is 0 Å². The van der Waals surface area contributed by atoms with Crippen molar-refractivity contribution in [3.05, 3.63) is 0 Å². The number of hydrogen-bond acceptors (Lipinski definition) is 3. The van der Waals surface area contributed by atoms with E-state index in [0.717, 1.165) is 0 Å². The highest BCUT2D eigenvalue weighted by molar-refractivity contribution is 5.73. The molecule has 3 nitrogen and oxygen atoms in total. The van der Waals surface area contributed by atoms with Crippen molar-refractivity contribution in [2.45, 2.75) is 32.8 Å². The summed E-state index contributed by atoms with van der Waals surface area (Å²) in [6.45, 7) is 1.95. The molecule has 0 aromatic heterocycles. The van der Waals surface area contributed by atoms with Crippen molar-refractivity contribution in [3.8, 4) is 0 Å². The zero-order valence-electron chi connectivity index (χ0n) is 9.01. The largest absolute Gasteiger partial charge is 0.459 e. The first-order valence-electron chi connectivity index (χ1n) is 4.81. The number of esters is 1. The maximum absolute atomic E-state index is 12.6. The second-order valence-electron chi connectivity index (χ2n) is 3.00. The van der Waals surface area contributed by atoms with Gasteiger partial charge in [0.1, 0.15) is 6.61 Å². The minimum absolute atomic E-state index is 0.0508. The molecule has 0 saturated heterocycles. The van der Waals surface area contributed by atoms with E-state index in [1.165, 1.54) is 13.8 Å². The lowest BCUT2D eigenvalue weighted by atomic mass is 10.1. The molecule has 0 aliphatic carbocycles. The van der Waals surface area contributed by atoms with Gasteiger partial charge in [0.05, 0.1) is 0 Å². The second-order valence-corrected chi connectivity index (χ2v) is 3.00. The molecule has 0 saturated carbocycles. The van der Waals surface area contributed by atoms with Crippen LogP contribution in [-0.2, 0) is 14.3 Å². The lowest BCUT2D eigenvalue weighted by Gasteiger charge is -2.17. The standard InChI is InChI=1S/C9H14F4O3/c1-3-6(9(11,12)13)8(14)16-5-7(10)15-4-2/h6-7H,3-5H2,1-2H3. The molecule has 0 N–H and O–H groups in total. The monoisotopic (exact) mass is 246 g/mol. The molecule has 0 radical (unpaired) electrons. The van der Waals surface area contributed by atoms with E-state index in [4.69, 9.17) is 0 Å². The maximum Gasteiger partial charge on any atom is 0.402 e. The molecule has 0 rings (SSSR count). The fourth-order valence-corrected chi connectivity index (χ4v) is 1.01. The number of ether oxygens (including phenoxy) is 2. The molecule has 0 fully saturated rings. The number of hydrogen-bond donors (Lipinski definition) is 0. The van der Waals surface area contributed by atoms with Gasteiger partial charge in [-0.05, 0) is 13.3 Å². The van der Waals surface area contributed by atoms with Crippen LogP contribution in [0, 0.1) is 5.92 Å². The molecule has 96 valence electrons. The number of halogens is 4. The molecule has 0 heterocycles.